The number of carbonyl (C=O) groups is 1. The lowest BCUT2D eigenvalue weighted by molar-refractivity contribution is 0.0856. The molecule has 1 atom stereocenters. The molecule has 2 N–H and O–H groups in total. The van der Waals surface area contributed by atoms with Crippen LogP contribution in [0.25, 0.3) is 11.1 Å². The molecule has 1 fully saturated rings. The highest BCUT2D eigenvalue weighted by molar-refractivity contribution is 5.96. The van der Waals surface area contributed by atoms with E-state index in [1.54, 1.807) is 13.8 Å². The van der Waals surface area contributed by atoms with Gasteiger partial charge in [0.1, 0.15) is 5.52 Å². The first-order chi connectivity index (χ1) is 13.1. The number of para-hydroxylation sites is 2. The largest absolute Gasteiger partial charge is 0.423 e. The molecule has 0 aliphatic carbocycles. The number of aromatic nitrogens is 3. The molecule has 140 valence electrons. The summed E-state index contributed by atoms with van der Waals surface area (Å²) in [5.41, 5.74) is 3.09. The number of rotatable bonds is 5. The molecule has 1 aliphatic rings. The van der Waals surface area contributed by atoms with Gasteiger partial charge in [-0.15, -0.1) is 0 Å². The van der Waals surface area contributed by atoms with Gasteiger partial charge < -0.3 is 14.5 Å². The lowest BCUT2D eigenvalue weighted by Crippen LogP contribution is -2.33. The fourth-order valence-corrected chi connectivity index (χ4v) is 3.22. The Morgan fingerprint density at radius 1 is 1.19 bits per heavy atom. The summed E-state index contributed by atoms with van der Waals surface area (Å²) in [5, 5.41) is 5.88. The van der Waals surface area contributed by atoms with Crippen LogP contribution >= 0.6 is 0 Å². The van der Waals surface area contributed by atoms with Crippen LogP contribution in [0, 0.1) is 13.8 Å². The number of ether oxygens (including phenoxy) is 1. The highest BCUT2D eigenvalue weighted by Crippen LogP contribution is 2.21. The zero-order valence-corrected chi connectivity index (χ0v) is 15.3. The van der Waals surface area contributed by atoms with Gasteiger partial charge in [0.25, 0.3) is 5.91 Å². The van der Waals surface area contributed by atoms with Gasteiger partial charge in [-0.3, -0.25) is 10.1 Å². The molecular formula is C19H21N5O3. The summed E-state index contributed by atoms with van der Waals surface area (Å²) in [4.78, 5) is 25.7. The third-order valence-corrected chi connectivity index (χ3v) is 4.52. The second-order valence-corrected chi connectivity index (χ2v) is 6.55. The number of anilines is 2. The first kappa shape index (κ1) is 17.4. The maximum atomic E-state index is 12.5. The van der Waals surface area contributed by atoms with E-state index < -0.39 is 0 Å². The molecule has 3 heterocycles. The van der Waals surface area contributed by atoms with E-state index in [4.69, 9.17) is 9.15 Å². The minimum absolute atomic E-state index is 0.0931. The minimum atomic E-state index is -0.186. The van der Waals surface area contributed by atoms with E-state index in [0.29, 0.717) is 41.0 Å². The van der Waals surface area contributed by atoms with Crippen molar-refractivity contribution >= 4 is 29.0 Å². The Balaban J connectivity index is 1.49. The van der Waals surface area contributed by atoms with Crippen LogP contribution in [0.1, 0.15) is 34.6 Å². The van der Waals surface area contributed by atoms with Crippen molar-refractivity contribution in [2.24, 2.45) is 0 Å². The molecule has 4 rings (SSSR count). The molecule has 3 aromatic rings. The number of hydrogen-bond acceptors (Lipinski definition) is 7. The number of hydrogen-bond donors (Lipinski definition) is 2. The summed E-state index contributed by atoms with van der Waals surface area (Å²) >= 11 is 0. The zero-order chi connectivity index (χ0) is 18.8. The van der Waals surface area contributed by atoms with E-state index in [1.807, 2.05) is 24.3 Å². The topological polar surface area (TPSA) is 102 Å². The number of amides is 1. The van der Waals surface area contributed by atoms with Crippen molar-refractivity contribution in [2.75, 3.05) is 18.5 Å². The predicted octanol–water partition coefficient (Wildman–Crippen LogP) is 2.89. The Labute approximate surface area is 156 Å². The number of oxazole rings is 1. The SMILES string of the molecule is Cc1nc(Nc2nc3ccccc3o2)nc(C)c1C(=O)NC[C@H]1CCCO1. The molecular weight excluding hydrogens is 346 g/mol. The number of aryl methyl sites for hydroxylation is 2. The summed E-state index contributed by atoms with van der Waals surface area (Å²) in [6, 6.07) is 7.79. The van der Waals surface area contributed by atoms with Crippen LogP contribution in [-0.2, 0) is 4.74 Å². The van der Waals surface area contributed by atoms with Crippen molar-refractivity contribution in [1.29, 1.82) is 0 Å². The van der Waals surface area contributed by atoms with Crippen LogP contribution in [-0.4, -0.2) is 40.1 Å². The van der Waals surface area contributed by atoms with E-state index in [-0.39, 0.29) is 12.0 Å². The molecule has 0 bridgehead atoms. The molecule has 0 unspecified atom stereocenters. The van der Waals surface area contributed by atoms with Crippen molar-refractivity contribution < 1.29 is 13.9 Å². The first-order valence-corrected chi connectivity index (χ1v) is 8.98. The summed E-state index contributed by atoms with van der Waals surface area (Å²) < 4.78 is 11.2. The first-order valence-electron chi connectivity index (χ1n) is 8.98. The Hall–Kier alpha value is -3.00. The summed E-state index contributed by atoms with van der Waals surface area (Å²) in [5.74, 6) is 0.154. The molecule has 2 aromatic heterocycles. The minimum Gasteiger partial charge on any atom is -0.423 e. The lowest BCUT2D eigenvalue weighted by atomic mass is 10.1. The van der Waals surface area contributed by atoms with E-state index in [0.717, 1.165) is 25.0 Å². The van der Waals surface area contributed by atoms with Crippen LogP contribution < -0.4 is 10.6 Å². The smallest absolute Gasteiger partial charge is 0.302 e. The quantitative estimate of drug-likeness (QED) is 0.715. The standard InChI is InChI=1S/C19H21N5O3/c1-11-16(17(25)20-10-13-6-5-9-26-13)12(2)22-18(21-11)24-19-23-14-7-3-4-8-15(14)27-19/h3-4,7-8,13H,5-6,9-10H2,1-2H3,(H,20,25)(H,21,22,23,24)/t13-/m1/s1. The van der Waals surface area contributed by atoms with Crippen molar-refractivity contribution in [3.63, 3.8) is 0 Å². The van der Waals surface area contributed by atoms with Gasteiger partial charge in [0.15, 0.2) is 5.58 Å². The number of benzene rings is 1. The van der Waals surface area contributed by atoms with Gasteiger partial charge in [-0.05, 0) is 38.8 Å². The van der Waals surface area contributed by atoms with Gasteiger partial charge in [-0.1, -0.05) is 12.1 Å². The molecule has 1 amide bonds. The normalized spacial score (nSPS) is 16.6. The predicted molar refractivity (Wildman–Crippen MR) is 100 cm³/mol. The van der Waals surface area contributed by atoms with Crippen LogP contribution in [0.15, 0.2) is 28.7 Å². The molecule has 8 nitrogen and oxygen atoms in total. The van der Waals surface area contributed by atoms with Gasteiger partial charge in [0.2, 0.25) is 5.95 Å². The van der Waals surface area contributed by atoms with Crippen LogP contribution in [0.4, 0.5) is 12.0 Å². The van der Waals surface area contributed by atoms with Crippen LogP contribution in [0.3, 0.4) is 0 Å². The molecule has 8 heteroatoms. The Morgan fingerprint density at radius 3 is 2.67 bits per heavy atom. The Morgan fingerprint density at radius 2 is 1.96 bits per heavy atom. The van der Waals surface area contributed by atoms with Crippen molar-refractivity contribution in [2.45, 2.75) is 32.8 Å². The number of nitrogens with one attached hydrogen (secondary N) is 2. The maximum absolute atomic E-state index is 12.5. The molecule has 27 heavy (non-hydrogen) atoms. The number of nitrogens with zero attached hydrogens (tertiary/aromatic N) is 3. The van der Waals surface area contributed by atoms with Crippen molar-refractivity contribution in [3.05, 3.63) is 41.2 Å². The molecule has 0 spiro atoms. The maximum Gasteiger partial charge on any atom is 0.302 e. The molecule has 0 saturated carbocycles. The highest BCUT2D eigenvalue weighted by atomic mass is 16.5. The Kier molecular flexibility index (Phi) is 4.72. The monoisotopic (exact) mass is 367 g/mol. The van der Waals surface area contributed by atoms with Gasteiger partial charge >= 0.3 is 6.01 Å². The summed E-state index contributed by atoms with van der Waals surface area (Å²) in [7, 11) is 0. The van der Waals surface area contributed by atoms with E-state index in [9.17, 15) is 4.79 Å². The molecule has 1 aromatic carbocycles. The second-order valence-electron chi connectivity index (χ2n) is 6.55. The fraction of sp³-hybridized carbons (Fsp3) is 0.368. The summed E-state index contributed by atoms with van der Waals surface area (Å²) in [6.45, 7) is 4.83. The highest BCUT2D eigenvalue weighted by Gasteiger charge is 2.20. The Bertz CT molecular complexity index is 922. The van der Waals surface area contributed by atoms with Crippen LogP contribution in [0.5, 0.6) is 0 Å². The third kappa shape index (κ3) is 3.75. The lowest BCUT2D eigenvalue weighted by Gasteiger charge is -2.13. The third-order valence-electron chi connectivity index (χ3n) is 4.52. The van der Waals surface area contributed by atoms with E-state index in [1.165, 1.54) is 0 Å². The number of fused-ring (bicyclic) bond motifs is 1. The average molecular weight is 367 g/mol. The molecule has 0 radical (unpaired) electrons. The van der Waals surface area contributed by atoms with E-state index >= 15 is 0 Å². The van der Waals surface area contributed by atoms with Crippen molar-refractivity contribution in [1.82, 2.24) is 20.3 Å². The summed E-state index contributed by atoms with van der Waals surface area (Å²) in [6.07, 6.45) is 2.11. The van der Waals surface area contributed by atoms with Crippen molar-refractivity contribution in [3.8, 4) is 0 Å². The van der Waals surface area contributed by atoms with Gasteiger partial charge in [0.05, 0.1) is 23.1 Å². The number of carbonyl (C=O) groups excluding carboxylic acids is 1. The second kappa shape index (κ2) is 7.32. The van der Waals surface area contributed by atoms with Gasteiger partial charge in [0, 0.05) is 13.2 Å². The fourth-order valence-electron chi connectivity index (χ4n) is 3.22. The average Bonchev–Trinajstić information content (AvgIpc) is 3.28. The van der Waals surface area contributed by atoms with E-state index in [2.05, 4.69) is 25.6 Å². The van der Waals surface area contributed by atoms with Crippen LogP contribution in [0.2, 0.25) is 0 Å². The van der Waals surface area contributed by atoms with Gasteiger partial charge in [-0.2, -0.15) is 4.98 Å². The van der Waals surface area contributed by atoms with Gasteiger partial charge in [-0.25, -0.2) is 9.97 Å². The zero-order valence-electron chi connectivity index (χ0n) is 15.3. The molecule has 1 saturated heterocycles. The molecule has 1 aliphatic heterocycles.